The predicted octanol–water partition coefficient (Wildman–Crippen LogP) is 2.79. The molecule has 4 heteroatoms. The topological polar surface area (TPSA) is 23.4 Å². The van der Waals surface area contributed by atoms with Gasteiger partial charge in [0.05, 0.1) is 11.2 Å². The second kappa shape index (κ2) is 4.12. The molecule has 106 valence electrons. The second-order valence-corrected chi connectivity index (χ2v) is 6.66. The van der Waals surface area contributed by atoms with Gasteiger partial charge in [0.1, 0.15) is 0 Å². The minimum atomic E-state index is -0.305. The molecule has 0 bridgehead atoms. The van der Waals surface area contributed by atoms with Crippen molar-refractivity contribution >= 4 is 23.5 Å². The molecule has 0 spiro atoms. The Morgan fingerprint density at radius 1 is 1.00 bits per heavy atom. The van der Waals surface area contributed by atoms with Crippen LogP contribution in [0.1, 0.15) is 33.4 Å². The van der Waals surface area contributed by atoms with Gasteiger partial charge in [-0.2, -0.15) is 0 Å². The van der Waals surface area contributed by atoms with Gasteiger partial charge in [-0.05, 0) is 46.1 Å². The Hall–Kier alpha value is -1.26. The number of rotatable bonds is 1. The van der Waals surface area contributed by atoms with E-state index in [9.17, 15) is 0 Å². The number of para-hydroxylation sites is 1. The van der Waals surface area contributed by atoms with Crippen LogP contribution in [0, 0.1) is 6.92 Å². The van der Waals surface area contributed by atoms with Crippen LogP contribution in [0.4, 0.5) is 0 Å². The Labute approximate surface area is 121 Å². The Balaban J connectivity index is 2.15. The Morgan fingerprint density at radius 3 is 2.15 bits per heavy atom. The van der Waals surface area contributed by atoms with Crippen molar-refractivity contribution in [1.29, 1.82) is 0 Å². The van der Waals surface area contributed by atoms with E-state index >= 15 is 0 Å². The van der Waals surface area contributed by atoms with Crippen LogP contribution in [0.25, 0.3) is 10.9 Å². The summed E-state index contributed by atoms with van der Waals surface area (Å²) < 4.78 is 14.6. The molecule has 1 aliphatic rings. The highest BCUT2D eigenvalue weighted by molar-refractivity contribution is 6.65. The van der Waals surface area contributed by atoms with Gasteiger partial charge >= 0.3 is 7.12 Å². The van der Waals surface area contributed by atoms with Crippen molar-refractivity contribution in [2.45, 2.75) is 45.8 Å². The molecule has 0 radical (unpaired) electrons. The van der Waals surface area contributed by atoms with Crippen molar-refractivity contribution in [3.05, 3.63) is 30.0 Å². The molecule has 0 aliphatic carbocycles. The fraction of sp³-hybridized carbons (Fsp3) is 0.500. The van der Waals surface area contributed by atoms with Gasteiger partial charge in [0, 0.05) is 23.7 Å². The largest absolute Gasteiger partial charge is 0.497 e. The highest BCUT2D eigenvalue weighted by atomic mass is 16.7. The van der Waals surface area contributed by atoms with Gasteiger partial charge in [-0.15, -0.1) is 0 Å². The zero-order chi connectivity index (χ0) is 14.7. The van der Waals surface area contributed by atoms with E-state index in [4.69, 9.17) is 9.31 Å². The number of benzene rings is 1. The summed E-state index contributed by atoms with van der Waals surface area (Å²) in [4.78, 5) is 0. The van der Waals surface area contributed by atoms with E-state index in [1.54, 1.807) is 0 Å². The number of nitrogens with zero attached hydrogens (tertiary/aromatic N) is 1. The molecule has 1 aromatic carbocycles. The van der Waals surface area contributed by atoms with Gasteiger partial charge < -0.3 is 13.9 Å². The third kappa shape index (κ3) is 1.75. The number of aryl methyl sites for hydroxylation is 1. The first kappa shape index (κ1) is 13.7. The van der Waals surface area contributed by atoms with Crippen LogP contribution in [0.3, 0.4) is 0 Å². The minimum absolute atomic E-state index is 0.300. The maximum atomic E-state index is 6.22. The Morgan fingerprint density at radius 2 is 1.55 bits per heavy atom. The van der Waals surface area contributed by atoms with E-state index in [1.807, 2.05) is 0 Å². The Kier molecular flexibility index (Phi) is 2.83. The highest BCUT2D eigenvalue weighted by Gasteiger charge is 2.52. The lowest BCUT2D eigenvalue weighted by Gasteiger charge is -2.32. The summed E-state index contributed by atoms with van der Waals surface area (Å²) in [6, 6.07) is 8.41. The number of fused-ring (bicyclic) bond motifs is 1. The van der Waals surface area contributed by atoms with Gasteiger partial charge in [0.25, 0.3) is 0 Å². The molecule has 0 unspecified atom stereocenters. The van der Waals surface area contributed by atoms with E-state index in [2.05, 4.69) is 70.5 Å². The summed E-state index contributed by atoms with van der Waals surface area (Å²) in [5.41, 5.74) is 2.96. The van der Waals surface area contributed by atoms with Crippen molar-refractivity contribution in [2.75, 3.05) is 0 Å². The van der Waals surface area contributed by atoms with E-state index in [0.717, 1.165) is 5.46 Å². The van der Waals surface area contributed by atoms with E-state index < -0.39 is 0 Å². The SMILES string of the molecule is Cc1c(B2OC(C)(C)C(C)(C)O2)c2ccccc2n1C. The summed E-state index contributed by atoms with van der Waals surface area (Å²) in [6.45, 7) is 10.5. The maximum absolute atomic E-state index is 6.22. The lowest BCUT2D eigenvalue weighted by molar-refractivity contribution is 0.00578. The van der Waals surface area contributed by atoms with E-state index in [-0.39, 0.29) is 18.3 Å². The van der Waals surface area contributed by atoms with Gasteiger partial charge in [-0.1, -0.05) is 18.2 Å². The van der Waals surface area contributed by atoms with Crippen molar-refractivity contribution < 1.29 is 9.31 Å². The van der Waals surface area contributed by atoms with E-state index in [1.165, 1.54) is 16.6 Å². The summed E-state index contributed by atoms with van der Waals surface area (Å²) in [6.07, 6.45) is 0. The molecule has 3 nitrogen and oxygen atoms in total. The average Bonchev–Trinajstić information content (AvgIpc) is 2.72. The maximum Gasteiger partial charge on any atom is 0.497 e. The zero-order valence-electron chi connectivity index (χ0n) is 13.2. The zero-order valence-corrected chi connectivity index (χ0v) is 13.2. The van der Waals surface area contributed by atoms with Crippen LogP contribution in [0.2, 0.25) is 0 Å². The first-order chi connectivity index (χ1) is 9.24. The van der Waals surface area contributed by atoms with Crippen molar-refractivity contribution in [3.8, 4) is 0 Å². The van der Waals surface area contributed by atoms with Crippen LogP contribution in [0.5, 0.6) is 0 Å². The predicted molar refractivity (Wildman–Crippen MR) is 83.4 cm³/mol. The number of hydrogen-bond donors (Lipinski definition) is 0. The fourth-order valence-electron chi connectivity index (χ4n) is 2.81. The average molecular weight is 271 g/mol. The van der Waals surface area contributed by atoms with Gasteiger partial charge in [-0.25, -0.2) is 0 Å². The van der Waals surface area contributed by atoms with Crippen LogP contribution in [-0.2, 0) is 16.4 Å². The smallest absolute Gasteiger partial charge is 0.399 e. The third-order valence-corrected chi connectivity index (χ3v) is 4.94. The molecule has 3 rings (SSSR count). The summed E-state index contributed by atoms with van der Waals surface area (Å²) >= 11 is 0. The van der Waals surface area contributed by atoms with Gasteiger partial charge in [0.15, 0.2) is 0 Å². The van der Waals surface area contributed by atoms with Gasteiger partial charge in [0.2, 0.25) is 0 Å². The molecule has 0 N–H and O–H groups in total. The molecule has 0 saturated carbocycles. The molecule has 2 aromatic rings. The van der Waals surface area contributed by atoms with Crippen molar-refractivity contribution in [2.24, 2.45) is 7.05 Å². The van der Waals surface area contributed by atoms with Crippen LogP contribution in [-0.4, -0.2) is 22.9 Å². The normalized spacial score (nSPS) is 20.8. The third-order valence-electron chi connectivity index (χ3n) is 4.94. The summed E-state index contributed by atoms with van der Waals surface area (Å²) in [7, 11) is 1.79. The van der Waals surface area contributed by atoms with Crippen molar-refractivity contribution in [3.63, 3.8) is 0 Å². The van der Waals surface area contributed by atoms with E-state index in [0.29, 0.717) is 0 Å². The molecular weight excluding hydrogens is 249 g/mol. The molecular formula is C16H22BNO2. The van der Waals surface area contributed by atoms with Crippen molar-refractivity contribution in [1.82, 2.24) is 4.57 Å². The molecule has 1 fully saturated rings. The van der Waals surface area contributed by atoms with Crippen LogP contribution < -0.4 is 5.46 Å². The molecule has 1 aromatic heterocycles. The lowest BCUT2D eigenvalue weighted by Crippen LogP contribution is -2.41. The molecule has 20 heavy (non-hydrogen) atoms. The fourth-order valence-corrected chi connectivity index (χ4v) is 2.81. The minimum Gasteiger partial charge on any atom is -0.399 e. The van der Waals surface area contributed by atoms with Gasteiger partial charge in [-0.3, -0.25) is 0 Å². The molecule has 1 aliphatic heterocycles. The number of hydrogen-bond acceptors (Lipinski definition) is 2. The molecule has 0 amide bonds. The Bertz CT molecular complexity index is 656. The molecule has 0 atom stereocenters. The summed E-state index contributed by atoms with van der Waals surface area (Å²) in [5, 5.41) is 1.21. The number of aromatic nitrogens is 1. The van der Waals surface area contributed by atoms with Crippen LogP contribution in [0.15, 0.2) is 24.3 Å². The first-order valence-corrected chi connectivity index (χ1v) is 7.14. The van der Waals surface area contributed by atoms with Crippen LogP contribution >= 0.6 is 0 Å². The monoisotopic (exact) mass is 271 g/mol. The molecule has 2 heterocycles. The standard InChI is InChI=1S/C16H22BNO2/c1-11-14(12-9-7-8-10-13(12)18(11)6)17-19-15(2,3)16(4,5)20-17/h7-10H,1-6H3. The molecule has 1 saturated heterocycles. The quantitative estimate of drug-likeness (QED) is 0.744. The summed E-state index contributed by atoms with van der Waals surface area (Å²) in [5.74, 6) is 0. The second-order valence-electron chi connectivity index (χ2n) is 6.66. The first-order valence-electron chi connectivity index (χ1n) is 7.14. The highest BCUT2D eigenvalue weighted by Crippen LogP contribution is 2.37. The lowest BCUT2D eigenvalue weighted by atomic mass is 9.77.